The number of benzene rings is 1. The van der Waals surface area contributed by atoms with Crippen LogP contribution in [0.2, 0.25) is 5.02 Å². The van der Waals surface area contributed by atoms with E-state index in [9.17, 15) is 0 Å². The summed E-state index contributed by atoms with van der Waals surface area (Å²) in [7, 11) is 0. The van der Waals surface area contributed by atoms with Crippen LogP contribution >= 0.6 is 11.6 Å². The van der Waals surface area contributed by atoms with E-state index < -0.39 is 0 Å². The molecular formula is C13H18ClN. The van der Waals surface area contributed by atoms with E-state index in [0.717, 1.165) is 31.0 Å². The Hall–Kier alpha value is -0.790. The lowest BCUT2D eigenvalue weighted by Crippen LogP contribution is -2.18. The minimum atomic E-state index is 0.803. The first kappa shape index (κ1) is 12.3. The zero-order valence-electron chi connectivity index (χ0n) is 9.01. The number of allylic oxidation sites excluding steroid dienone is 1. The maximum Gasteiger partial charge on any atom is 0.0406 e. The normalized spacial score (nSPS) is 10.2. The van der Waals surface area contributed by atoms with Crippen molar-refractivity contribution in [2.75, 3.05) is 13.1 Å². The quantitative estimate of drug-likeness (QED) is 0.552. The first-order chi connectivity index (χ1) is 7.33. The summed E-state index contributed by atoms with van der Waals surface area (Å²) in [5.74, 6) is 0. The Morgan fingerprint density at radius 1 is 1.20 bits per heavy atom. The Balaban J connectivity index is 2.09. The van der Waals surface area contributed by atoms with Crippen LogP contribution in [-0.4, -0.2) is 13.1 Å². The van der Waals surface area contributed by atoms with Gasteiger partial charge in [-0.3, -0.25) is 0 Å². The van der Waals surface area contributed by atoms with Crippen LogP contribution in [0.4, 0.5) is 0 Å². The van der Waals surface area contributed by atoms with Gasteiger partial charge in [0.05, 0.1) is 0 Å². The summed E-state index contributed by atoms with van der Waals surface area (Å²) >= 11 is 5.81. The van der Waals surface area contributed by atoms with Gasteiger partial charge in [-0.2, -0.15) is 0 Å². The van der Waals surface area contributed by atoms with Gasteiger partial charge < -0.3 is 5.32 Å². The second kappa shape index (κ2) is 7.49. The third kappa shape index (κ3) is 5.60. The van der Waals surface area contributed by atoms with Crippen molar-refractivity contribution in [3.8, 4) is 0 Å². The highest BCUT2D eigenvalue weighted by molar-refractivity contribution is 6.30. The van der Waals surface area contributed by atoms with Gasteiger partial charge in [-0.05, 0) is 50.0 Å². The average Bonchev–Trinajstić information content (AvgIpc) is 2.26. The van der Waals surface area contributed by atoms with Gasteiger partial charge in [-0.1, -0.05) is 29.8 Å². The molecule has 82 valence electrons. The summed E-state index contributed by atoms with van der Waals surface area (Å²) in [6, 6.07) is 8.03. The smallest absolute Gasteiger partial charge is 0.0406 e. The van der Waals surface area contributed by atoms with E-state index in [1.807, 2.05) is 18.2 Å². The molecule has 0 aliphatic heterocycles. The predicted octanol–water partition coefficient (Wildman–Crippen LogP) is 3.44. The van der Waals surface area contributed by atoms with Crippen LogP contribution in [0.15, 0.2) is 36.9 Å². The van der Waals surface area contributed by atoms with Crippen molar-refractivity contribution in [2.45, 2.75) is 19.3 Å². The molecule has 0 fully saturated rings. The Labute approximate surface area is 97.1 Å². The molecule has 1 N–H and O–H groups in total. The van der Waals surface area contributed by atoms with Crippen LogP contribution in [0.5, 0.6) is 0 Å². The van der Waals surface area contributed by atoms with Gasteiger partial charge in [0.25, 0.3) is 0 Å². The van der Waals surface area contributed by atoms with Crippen LogP contribution < -0.4 is 5.32 Å². The molecule has 2 heteroatoms. The number of hydrogen-bond donors (Lipinski definition) is 1. The third-order valence-electron chi connectivity index (χ3n) is 2.27. The van der Waals surface area contributed by atoms with Crippen molar-refractivity contribution in [1.82, 2.24) is 5.32 Å². The molecule has 0 heterocycles. The van der Waals surface area contributed by atoms with Gasteiger partial charge in [0.15, 0.2) is 0 Å². The summed E-state index contributed by atoms with van der Waals surface area (Å²) in [6.45, 7) is 5.79. The standard InChI is InChI=1S/C13H18ClN/c1-2-3-4-10-15-11-9-12-5-7-13(14)8-6-12/h2,5-8,15H,1,3-4,9-11H2. The minimum absolute atomic E-state index is 0.803. The van der Waals surface area contributed by atoms with E-state index in [0.29, 0.717) is 0 Å². The molecule has 0 unspecified atom stereocenters. The molecule has 0 atom stereocenters. The van der Waals surface area contributed by atoms with Crippen LogP contribution in [0.3, 0.4) is 0 Å². The number of unbranched alkanes of at least 4 members (excludes halogenated alkanes) is 1. The first-order valence-electron chi connectivity index (χ1n) is 5.39. The number of nitrogens with one attached hydrogen (secondary N) is 1. The SMILES string of the molecule is C=CCCCNCCc1ccc(Cl)cc1. The molecule has 0 radical (unpaired) electrons. The van der Waals surface area contributed by atoms with Gasteiger partial charge in [0.1, 0.15) is 0 Å². The molecular weight excluding hydrogens is 206 g/mol. The highest BCUT2D eigenvalue weighted by atomic mass is 35.5. The summed E-state index contributed by atoms with van der Waals surface area (Å²) in [5, 5.41) is 4.21. The molecule has 0 aliphatic rings. The van der Waals surface area contributed by atoms with E-state index in [1.165, 1.54) is 12.0 Å². The lowest BCUT2D eigenvalue weighted by atomic mass is 10.1. The molecule has 1 aromatic carbocycles. The van der Waals surface area contributed by atoms with E-state index in [4.69, 9.17) is 11.6 Å². The zero-order chi connectivity index (χ0) is 10.9. The Morgan fingerprint density at radius 2 is 1.93 bits per heavy atom. The fourth-order valence-corrected chi connectivity index (χ4v) is 1.51. The van der Waals surface area contributed by atoms with Gasteiger partial charge >= 0.3 is 0 Å². The summed E-state index contributed by atoms with van der Waals surface area (Å²) in [6.07, 6.45) is 5.28. The molecule has 15 heavy (non-hydrogen) atoms. The highest BCUT2D eigenvalue weighted by Gasteiger charge is 1.92. The lowest BCUT2D eigenvalue weighted by molar-refractivity contribution is 0.653. The highest BCUT2D eigenvalue weighted by Crippen LogP contribution is 2.09. The first-order valence-corrected chi connectivity index (χ1v) is 5.77. The number of hydrogen-bond acceptors (Lipinski definition) is 1. The second-order valence-electron chi connectivity index (χ2n) is 3.56. The fraction of sp³-hybridized carbons (Fsp3) is 0.385. The van der Waals surface area contributed by atoms with E-state index in [1.54, 1.807) is 0 Å². The van der Waals surface area contributed by atoms with Gasteiger partial charge in [0.2, 0.25) is 0 Å². The molecule has 0 saturated carbocycles. The van der Waals surface area contributed by atoms with Gasteiger partial charge in [-0.25, -0.2) is 0 Å². The number of halogens is 1. The molecule has 0 spiro atoms. The monoisotopic (exact) mass is 223 g/mol. The molecule has 0 saturated heterocycles. The molecule has 0 aliphatic carbocycles. The van der Waals surface area contributed by atoms with Gasteiger partial charge in [0, 0.05) is 5.02 Å². The maximum absolute atomic E-state index is 5.81. The topological polar surface area (TPSA) is 12.0 Å². The van der Waals surface area contributed by atoms with Crippen LogP contribution in [0.25, 0.3) is 0 Å². The third-order valence-corrected chi connectivity index (χ3v) is 2.52. The maximum atomic E-state index is 5.81. The summed E-state index contributed by atoms with van der Waals surface area (Å²) in [5.41, 5.74) is 1.33. The predicted molar refractivity (Wildman–Crippen MR) is 67.5 cm³/mol. The van der Waals surface area contributed by atoms with E-state index in [2.05, 4.69) is 24.0 Å². The molecule has 1 aromatic rings. The molecule has 0 amide bonds. The summed E-state index contributed by atoms with van der Waals surface area (Å²) in [4.78, 5) is 0. The van der Waals surface area contributed by atoms with E-state index in [-0.39, 0.29) is 0 Å². The van der Waals surface area contributed by atoms with Crippen LogP contribution in [0.1, 0.15) is 18.4 Å². The molecule has 0 aromatic heterocycles. The van der Waals surface area contributed by atoms with Crippen molar-refractivity contribution in [1.29, 1.82) is 0 Å². The molecule has 1 nitrogen and oxygen atoms in total. The lowest BCUT2D eigenvalue weighted by Gasteiger charge is -2.03. The van der Waals surface area contributed by atoms with E-state index >= 15 is 0 Å². The van der Waals surface area contributed by atoms with Crippen LogP contribution in [-0.2, 0) is 6.42 Å². The van der Waals surface area contributed by atoms with Crippen molar-refractivity contribution in [3.63, 3.8) is 0 Å². The van der Waals surface area contributed by atoms with Crippen LogP contribution in [0, 0.1) is 0 Å². The Kier molecular flexibility index (Phi) is 6.14. The number of rotatable bonds is 7. The minimum Gasteiger partial charge on any atom is -0.316 e. The van der Waals surface area contributed by atoms with Crippen molar-refractivity contribution < 1.29 is 0 Å². The largest absolute Gasteiger partial charge is 0.316 e. The Bertz CT molecular complexity index is 279. The second-order valence-corrected chi connectivity index (χ2v) is 3.99. The summed E-state index contributed by atoms with van der Waals surface area (Å²) < 4.78 is 0. The van der Waals surface area contributed by atoms with Crippen molar-refractivity contribution in [2.24, 2.45) is 0 Å². The fourth-order valence-electron chi connectivity index (χ4n) is 1.38. The van der Waals surface area contributed by atoms with Crippen molar-refractivity contribution >= 4 is 11.6 Å². The zero-order valence-corrected chi connectivity index (χ0v) is 9.76. The molecule has 1 rings (SSSR count). The van der Waals surface area contributed by atoms with Gasteiger partial charge in [-0.15, -0.1) is 6.58 Å². The average molecular weight is 224 g/mol. The van der Waals surface area contributed by atoms with Crippen molar-refractivity contribution in [3.05, 3.63) is 47.5 Å². The molecule has 0 bridgehead atoms. The Morgan fingerprint density at radius 3 is 2.60 bits per heavy atom.